The number of aliphatic hydroxyl groups is 4. The van der Waals surface area contributed by atoms with Crippen LogP contribution in [-0.4, -0.2) is 69.4 Å². The Balaban J connectivity index is 4.58. The van der Waals surface area contributed by atoms with E-state index in [2.05, 4.69) is 5.32 Å². The van der Waals surface area contributed by atoms with Crippen molar-refractivity contribution in [1.29, 1.82) is 0 Å². The number of ether oxygens (including phenoxy) is 1. The maximum atomic E-state index is 11.6. The van der Waals surface area contributed by atoms with E-state index in [0.717, 1.165) is 0 Å². The van der Waals surface area contributed by atoms with Crippen LogP contribution in [-0.2, 0) is 9.53 Å². The summed E-state index contributed by atoms with van der Waals surface area (Å²) in [7, 11) is 0. The van der Waals surface area contributed by atoms with Gasteiger partial charge in [-0.2, -0.15) is 0 Å². The Morgan fingerprint density at radius 1 is 1.16 bits per heavy atom. The van der Waals surface area contributed by atoms with Crippen molar-refractivity contribution in [3.8, 4) is 0 Å². The number of nitrogens with one attached hydrogen (secondary N) is 1. The molecule has 1 amide bonds. The predicted molar refractivity (Wildman–Crippen MR) is 64.3 cm³/mol. The lowest BCUT2D eigenvalue weighted by molar-refractivity contribution is -0.137. The van der Waals surface area contributed by atoms with Crippen molar-refractivity contribution >= 4 is 11.9 Å². The van der Waals surface area contributed by atoms with Crippen LogP contribution in [0.5, 0.6) is 0 Å². The van der Waals surface area contributed by atoms with Gasteiger partial charge in [0.05, 0.1) is 13.2 Å². The van der Waals surface area contributed by atoms with Gasteiger partial charge >= 0.3 is 6.09 Å². The van der Waals surface area contributed by atoms with Crippen LogP contribution in [0.15, 0.2) is 0 Å². The first-order valence-electron chi connectivity index (χ1n) is 5.73. The average Bonchev–Trinajstić information content (AvgIpc) is 2.30. The van der Waals surface area contributed by atoms with Gasteiger partial charge in [0.25, 0.3) is 0 Å². The third kappa shape index (κ3) is 6.48. The van der Waals surface area contributed by atoms with Gasteiger partial charge in [-0.25, -0.2) is 4.79 Å². The molecule has 0 saturated carbocycles. The van der Waals surface area contributed by atoms with E-state index in [1.165, 1.54) is 0 Å². The van der Waals surface area contributed by atoms with E-state index in [-0.39, 0.29) is 0 Å². The highest BCUT2D eigenvalue weighted by Crippen LogP contribution is 2.07. The van der Waals surface area contributed by atoms with Gasteiger partial charge in [-0.3, -0.25) is 4.79 Å². The highest BCUT2D eigenvalue weighted by Gasteiger charge is 2.32. The molecule has 0 fully saturated rings. The zero-order valence-electron chi connectivity index (χ0n) is 11.2. The number of amides is 1. The molecule has 8 nitrogen and oxygen atoms in total. The fourth-order valence-corrected chi connectivity index (χ4v) is 1.15. The average molecular weight is 279 g/mol. The van der Waals surface area contributed by atoms with Gasteiger partial charge in [0.2, 0.25) is 0 Å². The number of Topliss-reactive ketones (excluding diaryl/α,β-unsaturated/α-hetero) is 1. The van der Waals surface area contributed by atoms with Gasteiger partial charge in [-0.1, -0.05) is 0 Å². The Labute approximate surface area is 111 Å². The van der Waals surface area contributed by atoms with E-state index in [4.69, 9.17) is 20.1 Å². The molecule has 3 atom stereocenters. The molecular weight excluding hydrogens is 258 g/mol. The van der Waals surface area contributed by atoms with Gasteiger partial charge in [-0.05, 0) is 20.8 Å². The van der Waals surface area contributed by atoms with Crippen molar-refractivity contribution in [2.75, 3.05) is 13.2 Å². The van der Waals surface area contributed by atoms with Crippen LogP contribution in [0, 0.1) is 0 Å². The van der Waals surface area contributed by atoms with Crippen LogP contribution >= 0.6 is 0 Å². The van der Waals surface area contributed by atoms with E-state index in [9.17, 15) is 14.7 Å². The van der Waals surface area contributed by atoms with Gasteiger partial charge < -0.3 is 30.5 Å². The highest BCUT2D eigenvalue weighted by molar-refractivity contribution is 5.91. The van der Waals surface area contributed by atoms with Gasteiger partial charge in [0, 0.05) is 0 Å². The number of rotatable bonds is 6. The first-order valence-corrected chi connectivity index (χ1v) is 5.73. The summed E-state index contributed by atoms with van der Waals surface area (Å²) in [6.45, 7) is 3.26. The molecule has 0 aromatic heterocycles. The molecule has 0 saturated heterocycles. The Morgan fingerprint density at radius 2 is 1.68 bits per heavy atom. The van der Waals surface area contributed by atoms with E-state index < -0.39 is 48.9 Å². The van der Waals surface area contributed by atoms with E-state index in [0.29, 0.717) is 0 Å². The molecule has 0 heterocycles. The standard InChI is InChI=1S/C11H21NO7/c1-11(2,3)19-10(18)12-6(4-13)8(16)9(17)7(15)5-14/h6-7,9,13-15,17H,4-5H2,1-3H3,(H,12,18)/t6-,7-,9-/m1/s1. The minimum Gasteiger partial charge on any atom is -0.444 e. The number of carbonyl (C=O) groups is 2. The molecule has 0 bridgehead atoms. The summed E-state index contributed by atoms with van der Waals surface area (Å²) in [5, 5.41) is 38.2. The highest BCUT2D eigenvalue weighted by atomic mass is 16.6. The molecule has 112 valence electrons. The molecular formula is C11H21NO7. The van der Waals surface area contributed by atoms with Gasteiger partial charge in [-0.15, -0.1) is 0 Å². The molecule has 0 rings (SSSR count). The molecule has 0 aliphatic heterocycles. The van der Waals surface area contributed by atoms with E-state index in [1.54, 1.807) is 20.8 Å². The lowest BCUT2D eigenvalue weighted by Gasteiger charge is -2.24. The van der Waals surface area contributed by atoms with E-state index in [1.807, 2.05) is 0 Å². The van der Waals surface area contributed by atoms with Crippen LogP contribution in [0.25, 0.3) is 0 Å². The molecule has 0 aliphatic carbocycles. The topological polar surface area (TPSA) is 136 Å². The maximum Gasteiger partial charge on any atom is 0.408 e. The number of carbonyl (C=O) groups excluding carboxylic acids is 2. The predicted octanol–water partition coefficient (Wildman–Crippen LogP) is -1.84. The van der Waals surface area contributed by atoms with Crippen molar-refractivity contribution in [2.45, 2.75) is 44.6 Å². The summed E-state index contributed by atoms with van der Waals surface area (Å²) in [6.07, 6.45) is -4.52. The van der Waals surface area contributed by atoms with Crippen molar-refractivity contribution in [3.05, 3.63) is 0 Å². The fourth-order valence-electron chi connectivity index (χ4n) is 1.15. The van der Waals surface area contributed by atoms with Gasteiger partial charge in [0.15, 0.2) is 5.78 Å². The van der Waals surface area contributed by atoms with Crippen molar-refractivity contribution in [3.63, 3.8) is 0 Å². The number of ketones is 1. The molecule has 0 radical (unpaired) electrons. The van der Waals surface area contributed by atoms with Crippen LogP contribution in [0.4, 0.5) is 4.79 Å². The minimum atomic E-state index is -1.91. The van der Waals surface area contributed by atoms with Crippen LogP contribution < -0.4 is 5.32 Å². The summed E-state index contributed by atoms with van der Waals surface area (Å²) in [5.74, 6) is -1.02. The molecule has 0 aliphatic rings. The number of hydrogen-bond acceptors (Lipinski definition) is 7. The first-order chi connectivity index (χ1) is 8.62. The summed E-state index contributed by atoms with van der Waals surface area (Å²) < 4.78 is 4.88. The monoisotopic (exact) mass is 279 g/mol. The Bertz CT molecular complexity index is 313. The second kappa shape index (κ2) is 7.39. The second-order valence-electron chi connectivity index (χ2n) is 4.98. The van der Waals surface area contributed by atoms with Crippen molar-refractivity contribution < 1.29 is 34.8 Å². The smallest absolute Gasteiger partial charge is 0.408 e. The summed E-state index contributed by atoms with van der Waals surface area (Å²) >= 11 is 0. The lowest BCUT2D eigenvalue weighted by Crippen LogP contribution is -2.52. The first kappa shape index (κ1) is 17.8. The SMILES string of the molecule is CC(C)(C)OC(=O)N[C@H](CO)C(=O)[C@H](O)[C@H](O)CO. The summed E-state index contributed by atoms with van der Waals surface area (Å²) in [4.78, 5) is 23.0. The third-order valence-corrected chi connectivity index (χ3v) is 2.06. The molecule has 0 aromatic rings. The largest absolute Gasteiger partial charge is 0.444 e. The Kier molecular flexibility index (Phi) is 6.91. The molecule has 5 N–H and O–H groups in total. The van der Waals surface area contributed by atoms with Crippen LogP contribution in [0.3, 0.4) is 0 Å². The molecule has 0 aromatic carbocycles. The number of hydrogen-bond donors (Lipinski definition) is 5. The van der Waals surface area contributed by atoms with Crippen molar-refractivity contribution in [1.82, 2.24) is 5.32 Å². The lowest BCUT2D eigenvalue weighted by atomic mass is 10.0. The summed E-state index contributed by atoms with van der Waals surface area (Å²) in [5.41, 5.74) is -0.781. The summed E-state index contributed by atoms with van der Waals surface area (Å²) in [6, 6.07) is -1.42. The molecule has 0 unspecified atom stereocenters. The molecule has 0 spiro atoms. The number of alkyl carbamates (subject to hydrolysis) is 1. The van der Waals surface area contributed by atoms with E-state index >= 15 is 0 Å². The quantitative estimate of drug-likeness (QED) is 0.385. The Morgan fingerprint density at radius 3 is 2.05 bits per heavy atom. The zero-order valence-corrected chi connectivity index (χ0v) is 11.2. The Hall–Kier alpha value is -1.22. The van der Waals surface area contributed by atoms with Crippen LogP contribution in [0.2, 0.25) is 0 Å². The second-order valence-corrected chi connectivity index (χ2v) is 4.98. The van der Waals surface area contributed by atoms with Crippen molar-refractivity contribution in [2.24, 2.45) is 0 Å². The van der Waals surface area contributed by atoms with Gasteiger partial charge in [0.1, 0.15) is 23.9 Å². The maximum absolute atomic E-state index is 11.6. The third-order valence-electron chi connectivity index (χ3n) is 2.06. The number of aliphatic hydroxyl groups excluding tert-OH is 4. The molecule has 19 heavy (non-hydrogen) atoms. The fraction of sp³-hybridized carbons (Fsp3) is 0.818. The zero-order chi connectivity index (χ0) is 15.2. The normalized spacial score (nSPS) is 16.4. The molecule has 8 heteroatoms. The van der Waals surface area contributed by atoms with Crippen LogP contribution in [0.1, 0.15) is 20.8 Å². The minimum absolute atomic E-state index is 0.771.